The molecule has 0 unspecified atom stereocenters. The summed E-state index contributed by atoms with van der Waals surface area (Å²) < 4.78 is 1.28. The fourth-order valence-corrected chi connectivity index (χ4v) is 4.42. The van der Waals surface area contributed by atoms with Crippen molar-refractivity contribution < 1.29 is 0 Å². The second-order valence-corrected chi connectivity index (χ2v) is 7.48. The maximum Gasteiger partial charge on any atom is 0.232 e. The molecule has 7 heteroatoms. The number of hydrogen-bond donors (Lipinski definition) is 2. The summed E-state index contributed by atoms with van der Waals surface area (Å²) in [7, 11) is 0. The van der Waals surface area contributed by atoms with Crippen LogP contribution in [0.1, 0.15) is 17.0 Å². The summed E-state index contributed by atoms with van der Waals surface area (Å²) in [6, 6.07) is 14.9. The van der Waals surface area contributed by atoms with Crippen molar-refractivity contribution in [2.24, 2.45) is 4.99 Å². The van der Waals surface area contributed by atoms with E-state index in [0.29, 0.717) is 18.3 Å². The van der Waals surface area contributed by atoms with Gasteiger partial charge in [0.25, 0.3) is 0 Å². The highest BCUT2D eigenvalue weighted by Gasteiger charge is 2.17. The molecule has 1 aliphatic heterocycles. The SMILES string of the molecule is Cc1nc(N)nc(Nc2cc3c(c(-c4cc5ccccc5s4)c2)CN=C3)n1. The molecule has 0 atom stereocenters. The molecule has 0 bridgehead atoms. The monoisotopic (exact) mass is 372 g/mol. The van der Waals surface area contributed by atoms with Gasteiger partial charge in [-0.3, -0.25) is 4.99 Å². The van der Waals surface area contributed by atoms with E-state index in [4.69, 9.17) is 5.73 Å². The highest BCUT2D eigenvalue weighted by Crippen LogP contribution is 2.39. The fourth-order valence-electron chi connectivity index (χ4n) is 3.32. The van der Waals surface area contributed by atoms with Gasteiger partial charge in [-0.1, -0.05) is 18.2 Å². The van der Waals surface area contributed by atoms with Crippen LogP contribution in [0, 0.1) is 6.92 Å². The minimum atomic E-state index is 0.206. The lowest BCUT2D eigenvalue weighted by atomic mass is 10.0. The summed E-state index contributed by atoms with van der Waals surface area (Å²) >= 11 is 1.79. The summed E-state index contributed by atoms with van der Waals surface area (Å²) in [5.41, 5.74) is 10.2. The lowest BCUT2D eigenvalue weighted by molar-refractivity contribution is 0.995. The van der Waals surface area contributed by atoms with Crippen LogP contribution in [-0.4, -0.2) is 21.2 Å². The number of rotatable bonds is 3. The Kier molecular flexibility index (Phi) is 3.61. The van der Waals surface area contributed by atoms with E-state index in [1.165, 1.54) is 26.1 Å². The minimum Gasteiger partial charge on any atom is -0.368 e. The van der Waals surface area contributed by atoms with Gasteiger partial charge in [0.1, 0.15) is 5.82 Å². The van der Waals surface area contributed by atoms with Gasteiger partial charge in [-0.25, -0.2) is 0 Å². The molecular formula is C20H16N6S. The molecule has 3 N–H and O–H groups in total. The first-order valence-corrected chi connectivity index (χ1v) is 9.38. The van der Waals surface area contributed by atoms with E-state index < -0.39 is 0 Å². The van der Waals surface area contributed by atoms with Crippen LogP contribution in [0.2, 0.25) is 0 Å². The maximum atomic E-state index is 5.75. The van der Waals surface area contributed by atoms with Crippen LogP contribution in [-0.2, 0) is 6.54 Å². The van der Waals surface area contributed by atoms with Gasteiger partial charge in [0.2, 0.25) is 11.9 Å². The Morgan fingerprint density at radius 3 is 2.81 bits per heavy atom. The molecule has 4 aromatic rings. The Morgan fingerprint density at radius 1 is 1.07 bits per heavy atom. The number of fused-ring (bicyclic) bond motifs is 2. The average Bonchev–Trinajstić information content (AvgIpc) is 3.26. The number of aromatic nitrogens is 3. The summed E-state index contributed by atoms with van der Waals surface area (Å²) in [6.07, 6.45) is 1.92. The molecule has 0 amide bonds. The van der Waals surface area contributed by atoms with Crippen molar-refractivity contribution in [3.05, 3.63) is 59.4 Å². The molecule has 2 aromatic carbocycles. The van der Waals surface area contributed by atoms with E-state index in [9.17, 15) is 0 Å². The number of nitrogens with one attached hydrogen (secondary N) is 1. The molecule has 2 aromatic heterocycles. The van der Waals surface area contributed by atoms with Gasteiger partial charge >= 0.3 is 0 Å². The quantitative estimate of drug-likeness (QED) is 0.559. The Morgan fingerprint density at radius 2 is 1.96 bits per heavy atom. The third kappa shape index (κ3) is 2.92. The van der Waals surface area contributed by atoms with Crippen molar-refractivity contribution in [3.63, 3.8) is 0 Å². The van der Waals surface area contributed by atoms with Gasteiger partial charge in [0.15, 0.2) is 0 Å². The first kappa shape index (κ1) is 15.9. The third-order valence-corrected chi connectivity index (χ3v) is 5.63. The van der Waals surface area contributed by atoms with Crippen molar-refractivity contribution >= 4 is 45.2 Å². The van der Waals surface area contributed by atoms with E-state index in [1.807, 2.05) is 6.21 Å². The number of benzene rings is 2. The molecule has 0 spiro atoms. The van der Waals surface area contributed by atoms with Crippen LogP contribution in [0.4, 0.5) is 17.6 Å². The Labute approximate surface area is 159 Å². The predicted octanol–water partition coefficient (Wildman–Crippen LogP) is 4.32. The molecule has 132 valence electrons. The van der Waals surface area contributed by atoms with Crippen molar-refractivity contribution in [1.29, 1.82) is 0 Å². The Bertz CT molecular complexity index is 1160. The second-order valence-electron chi connectivity index (χ2n) is 6.40. The summed E-state index contributed by atoms with van der Waals surface area (Å²) in [4.78, 5) is 18.2. The summed E-state index contributed by atoms with van der Waals surface area (Å²) in [5, 5.41) is 4.51. The van der Waals surface area contributed by atoms with Gasteiger partial charge < -0.3 is 11.1 Å². The normalized spacial score (nSPS) is 12.5. The zero-order valence-corrected chi connectivity index (χ0v) is 15.4. The number of thiophene rings is 1. The number of aliphatic imine (C=N–C) groups is 1. The van der Waals surface area contributed by atoms with Crippen molar-refractivity contribution in [1.82, 2.24) is 15.0 Å². The predicted molar refractivity (Wildman–Crippen MR) is 111 cm³/mol. The smallest absolute Gasteiger partial charge is 0.232 e. The molecule has 0 fully saturated rings. The molecule has 3 heterocycles. The molecule has 0 saturated carbocycles. The molecule has 0 saturated heterocycles. The molecule has 5 rings (SSSR count). The van der Waals surface area contributed by atoms with Gasteiger partial charge in [0, 0.05) is 27.0 Å². The Hall–Kier alpha value is -3.32. The number of nitrogen functional groups attached to an aromatic ring is 1. The summed E-state index contributed by atoms with van der Waals surface area (Å²) in [5.74, 6) is 1.23. The number of nitrogens with zero attached hydrogens (tertiary/aromatic N) is 4. The van der Waals surface area contributed by atoms with E-state index in [-0.39, 0.29) is 5.95 Å². The van der Waals surface area contributed by atoms with Gasteiger partial charge in [-0.15, -0.1) is 11.3 Å². The number of anilines is 3. The first-order chi connectivity index (χ1) is 13.2. The molecule has 0 aliphatic carbocycles. The van der Waals surface area contributed by atoms with Crippen LogP contribution in [0.15, 0.2) is 47.5 Å². The van der Waals surface area contributed by atoms with Crippen molar-refractivity contribution in [3.8, 4) is 10.4 Å². The van der Waals surface area contributed by atoms with E-state index in [2.05, 4.69) is 67.7 Å². The molecule has 27 heavy (non-hydrogen) atoms. The van der Waals surface area contributed by atoms with E-state index in [1.54, 1.807) is 18.3 Å². The highest BCUT2D eigenvalue weighted by molar-refractivity contribution is 7.22. The topological polar surface area (TPSA) is 89.1 Å². The maximum absolute atomic E-state index is 5.75. The zero-order valence-electron chi connectivity index (χ0n) is 14.6. The minimum absolute atomic E-state index is 0.206. The number of aryl methyl sites for hydroxylation is 1. The molecule has 0 radical (unpaired) electrons. The van der Waals surface area contributed by atoms with E-state index in [0.717, 1.165) is 11.3 Å². The van der Waals surface area contributed by atoms with Gasteiger partial charge in [-0.2, -0.15) is 15.0 Å². The lowest BCUT2D eigenvalue weighted by Gasteiger charge is -2.11. The van der Waals surface area contributed by atoms with Gasteiger partial charge in [-0.05, 0) is 47.7 Å². The van der Waals surface area contributed by atoms with Crippen molar-refractivity contribution in [2.75, 3.05) is 11.1 Å². The lowest BCUT2D eigenvalue weighted by Crippen LogP contribution is -2.05. The molecule has 6 nitrogen and oxygen atoms in total. The number of hydrogen-bond acceptors (Lipinski definition) is 7. The second kappa shape index (κ2) is 6.14. The van der Waals surface area contributed by atoms with Crippen LogP contribution in [0.3, 0.4) is 0 Å². The Balaban J connectivity index is 1.61. The van der Waals surface area contributed by atoms with Crippen LogP contribution in [0.25, 0.3) is 20.5 Å². The average molecular weight is 372 g/mol. The van der Waals surface area contributed by atoms with Crippen LogP contribution in [0.5, 0.6) is 0 Å². The fraction of sp³-hybridized carbons (Fsp3) is 0.100. The number of nitrogens with two attached hydrogens (primary N) is 1. The molecule has 1 aliphatic rings. The highest BCUT2D eigenvalue weighted by atomic mass is 32.1. The third-order valence-electron chi connectivity index (χ3n) is 4.48. The molecular weight excluding hydrogens is 356 g/mol. The standard InChI is InChI=1S/C20H16N6S/c1-11-23-19(21)26-20(24-11)25-14-6-13-9-22-10-16(13)15(8-14)18-7-12-4-2-3-5-17(12)27-18/h2-9H,10H2,1H3,(H3,21,23,24,25,26). The van der Waals surface area contributed by atoms with Gasteiger partial charge in [0.05, 0.1) is 6.54 Å². The van der Waals surface area contributed by atoms with Crippen LogP contribution < -0.4 is 11.1 Å². The summed E-state index contributed by atoms with van der Waals surface area (Å²) in [6.45, 7) is 2.50. The largest absolute Gasteiger partial charge is 0.368 e. The van der Waals surface area contributed by atoms with E-state index >= 15 is 0 Å². The first-order valence-electron chi connectivity index (χ1n) is 8.56. The van der Waals surface area contributed by atoms with Crippen LogP contribution >= 0.6 is 11.3 Å². The zero-order chi connectivity index (χ0) is 18.4. The van der Waals surface area contributed by atoms with Crippen molar-refractivity contribution in [2.45, 2.75) is 13.5 Å².